The second-order valence-electron chi connectivity index (χ2n) is 3.17. The first-order valence-electron chi connectivity index (χ1n) is 3.92. The number of ether oxygens (including phenoxy) is 2. The lowest BCUT2D eigenvalue weighted by Gasteiger charge is -2.10. The van der Waals surface area contributed by atoms with Crippen molar-refractivity contribution in [1.29, 1.82) is 0 Å². The van der Waals surface area contributed by atoms with Crippen LogP contribution in [-0.2, 0) is 14.3 Å². The number of rotatable bonds is 4. The largest absolute Gasteiger partial charge is 0.459 e. The Bertz CT molecular complexity index is 302. The molecule has 0 aromatic carbocycles. The van der Waals surface area contributed by atoms with E-state index in [1.807, 2.05) is 0 Å². The minimum atomic E-state index is -3.95. The normalized spacial score (nSPS) is 27.6. The lowest BCUT2D eigenvalue weighted by atomic mass is 10.2. The van der Waals surface area contributed by atoms with E-state index in [4.69, 9.17) is 0 Å². The van der Waals surface area contributed by atoms with Crippen molar-refractivity contribution in [3.8, 4) is 0 Å². The van der Waals surface area contributed by atoms with Gasteiger partial charge in [-0.25, -0.2) is 13.6 Å². The maximum absolute atomic E-state index is 12.4. The number of carbonyl (C=O) groups is 1. The first kappa shape index (κ1) is 12.0. The number of esters is 1. The quantitative estimate of drug-likeness (QED) is 0.318. The van der Waals surface area contributed by atoms with Crippen LogP contribution in [0.2, 0.25) is 0 Å². The van der Waals surface area contributed by atoms with Crippen molar-refractivity contribution in [3.63, 3.8) is 0 Å². The number of hydrogen-bond donors (Lipinski definition) is 0. The Morgan fingerprint density at radius 3 is 2.27 bits per heavy atom. The molecule has 1 saturated heterocycles. The highest BCUT2D eigenvalue weighted by atomic mass is 19.3. The fourth-order valence-corrected chi connectivity index (χ4v) is 0.847. The van der Waals surface area contributed by atoms with Gasteiger partial charge in [-0.1, -0.05) is 6.58 Å². The Labute approximate surface area is 82.6 Å². The molecule has 0 saturated carbocycles. The van der Waals surface area contributed by atoms with Gasteiger partial charge in [0.1, 0.15) is 6.61 Å². The lowest BCUT2D eigenvalue weighted by molar-refractivity contribution is -0.143. The summed E-state index contributed by atoms with van der Waals surface area (Å²) in [7, 11) is 0. The molecule has 7 heteroatoms. The summed E-state index contributed by atoms with van der Waals surface area (Å²) in [5.41, 5.74) is -3.05. The van der Waals surface area contributed by atoms with Crippen molar-refractivity contribution in [3.05, 3.63) is 12.2 Å². The van der Waals surface area contributed by atoms with E-state index in [0.29, 0.717) is 0 Å². The van der Waals surface area contributed by atoms with Gasteiger partial charge in [0, 0.05) is 5.57 Å². The van der Waals surface area contributed by atoms with Crippen LogP contribution in [0.5, 0.6) is 0 Å². The van der Waals surface area contributed by atoms with Crippen LogP contribution >= 0.6 is 0 Å². The van der Waals surface area contributed by atoms with Crippen molar-refractivity contribution < 1.29 is 31.8 Å². The lowest BCUT2D eigenvalue weighted by Crippen LogP contribution is -2.34. The van der Waals surface area contributed by atoms with Gasteiger partial charge in [0.05, 0.1) is 0 Å². The van der Waals surface area contributed by atoms with Crippen molar-refractivity contribution in [2.24, 2.45) is 0 Å². The maximum atomic E-state index is 12.4. The summed E-state index contributed by atoms with van der Waals surface area (Å²) >= 11 is 0. The molecule has 0 spiro atoms. The number of halogens is 4. The van der Waals surface area contributed by atoms with Crippen LogP contribution in [0, 0.1) is 0 Å². The number of epoxide rings is 1. The van der Waals surface area contributed by atoms with Crippen molar-refractivity contribution >= 4 is 5.97 Å². The molecule has 0 radical (unpaired) electrons. The Hall–Kier alpha value is -1.11. The third-order valence-electron chi connectivity index (χ3n) is 1.88. The van der Waals surface area contributed by atoms with Gasteiger partial charge in [0.25, 0.3) is 12.0 Å². The maximum Gasteiger partial charge on any atom is 0.395 e. The summed E-state index contributed by atoms with van der Waals surface area (Å²) < 4.78 is 57.1. The molecule has 1 heterocycles. The Balaban J connectivity index is 2.58. The van der Waals surface area contributed by atoms with Crippen molar-refractivity contribution in [2.45, 2.75) is 25.1 Å². The standard InChI is InChI=1S/C8H8F4O3/c1-4(2)5(13)14-3-7(6(9)10)8(11,12)15-7/h6H,1,3H2,2H3. The highest BCUT2D eigenvalue weighted by Crippen LogP contribution is 2.54. The number of hydrogen-bond acceptors (Lipinski definition) is 3. The van der Waals surface area contributed by atoms with E-state index in [1.165, 1.54) is 6.92 Å². The van der Waals surface area contributed by atoms with Gasteiger partial charge < -0.3 is 4.74 Å². The molecule has 3 nitrogen and oxygen atoms in total. The Morgan fingerprint density at radius 1 is 1.53 bits per heavy atom. The van der Waals surface area contributed by atoms with Crippen LogP contribution in [0.4, 0.5) is 17.6 Å². The highest BCUT2D eigenvalue weighted by molar-refractivity contribution is 5.86. The molecule has 0 aromatic heterocycles. The summed E-state index contributed by atoms with van der Waals surface area (Å²) in [6.07, 6.45) is -7.37. The van der Waals surface area contributed by atoms with Gasteiger partial charge in [-0.3, -0.25) is 4.74 Å². The molecule has 1 fully saturated rings. The van der Waals surface area contributed by atoms with Crippen LogP contribution in [0.15, 0.2) is 12.2 Å². The minimum Gasteiger partial charge on any atom is -0.459 e. The molecule has 0 bridgehead atoms. The molecule has 1 atom stereocenters. The van der Waals surface area contributed by atoms with E-state index in [9.17, 15) is 22.4 Å². The van der Waals surface area contributed by atoms with Crippen LogP contribution < -0.4 is 0 Å². The topological polar surface area (TPSA) is 38.8 Å². The van der Waals surface area contributed by atoms with Crippen LogP contribution in [-0.4, -0.2) is 30.7 Å². The van der Waals surface area contributed by atoms with Gasteiger partial charge in [0.15, 0.2) is 0 Å². The summed E-state index contributed by atoms with van der Waals surface area (Å²) in [6, 6.07) is 0. The van der Waals surface area contributed by atoms with Gasteiger partial charge in [-0.15, -0.1) is 0 Å². The van der Waals surface area contributed by atoms with Gasteiger partial charge in [0.2, 0.25) is 0 Å². The zero-order valence-corrected chi connectivity index (χ0v) is 7.73. The van der Waals surface area contributed by atoms with Crippen LogP contribution in [0.1, 0.15) is 6.92 Å². The third kappa shape index (κ3) is 1.97. The monoisotopic (exact) mass is 228 g/mol. The second kappa shape index (κ2) is 3.48. The first-order chi connectivity index (χ1) is 6.73. The molecule has 1 aliphatic rings. The molecule has 1 aliphatic heterocycles. The summed E-state index contributed by atoms with van der Waals surface area (Å²) in [4.78, 5) is 10.8. The highest BCUT2D eigenvalue weighted by Gasteiger charge is 2.80. The molecule has 0 aromatic rings. The molecule has 0 amide bonds. The van der Waals surface area contributed by atoms with E-state index in [0.717, 1.165) is 0 Å². The average molecular weight is 228 g/mol. The van der Waals surface area contributed by atoms with E-state index in [1.54, 1.807) is 0 Å². The van der Waals surface area contributed by atoms with Crippen molar-refractivity contribution in [2.75, 3.05) is 6.61 Å². The molecule has 0 N–H and O–H groups in total. The summed E-state index contributed by atoms with van der Waals surface area (Å²) in [6.45, 7) is 3.24. The van der Waals surface area contributed by atoms with Crippen LogP contribution in [0.3, 0.4) is 0 Å². The summed E-state index contributed by atoms with van der Waals surface area (Å²) in [5, 5.41) is 0. The fourth-order valence-electron chi connectivity index (χ4n) is 0.847. The van der Waals surface area contributed by atoms with Gasteiger partial charge >= 0.3 is 12.1 Å². The van der Waals surface area contributed by atoms with E-state index >= 15 is 0 Å². The predicted octanol–water partition coefficient (Wildman–Crippen LogP) is 1.73. The molecular weight excluding hydrogens is 220 g/mol. The zero-order valence-electron chi connectivity index (χ0n) is 7.73. The van der Waals surface area contributed by atoms with E-state index < -0.39 is 30.7 Å². The van der Waals surface area contributed by atoms with Crippen molar-refractivity contribution in [1.82, 2.24) is 0 Å². The summed E-state index contributed by atoms with van der Waals surface area (Å²) in [5.74, 6) is -1.01. The SMILES string of the molecule is C=C(C)C(=O)OCC1(C(F)F)OC1(F)F. The Morgan fingerprint density at radius 2 is 2.00 bits per heavy atom. The molecular formula is C8H8F4O3. The zero-order chi connectivity index (χ0) is 11.9. The molecule has 15 heavy (non-hydrogen) atoms. The van der Waals surface area contributed by atoms with E-state index in [-0.39, 0.29) is 5.57 Å². The molecule has 0 aliphatic carbocycles. The van der Waals surface area contributed by atoms with E-state index in [2.05, 4.69) is 16.1 Å². The fraction of sp³-hybridized carbons (Fsp3) is 0.625. The smallest absolute Gasteiger partial charge is 0.395 e. The minimum absolute atomic E-state index is 0.0663. The van der Waals surface area contributed by atoms with Gasteiger partial charge in [-0.05, 0) is 6.92 Å². The molecule has 1 unspecified atom stereocenters. The third-order valence-corrected chi connectivity index (χ3v) is 1.88. The average Bonchev–Trinajstić information content (AvgIpc) is 2.65. The second-order valence-corrected chi connectivity index (χ2v) is 3.17. The predicted molar refractivity (Wildman–Crippen MR) is 40.5 cm³/mol. The molecule has 1 rings (SSSR count). The van der Waals surface area contributed by atoms with Crippen LogP contribution in [0.25, 0.3) is 0 Å². The first-order valence-corrected chi connectivity index (χ1v) is 3.92. The number of carbonyl (C=O) groups excluding carboxylic acids is 1. The van der Waals surface area contributed by atoms with Gasteiger partial charge in [-0.2, -0.15) is 8.78 Å². The molecule has 86 valence electrons. The number of alkyl halides is 4. The Kier molecular flexibility index (Phi) is 2.77.